The lowest BCUT2D eigenvalue weighted by Gasteiger charge is -2.06. The molecule has 2 aromatic heterocycles. The van der Waals surface area contributed by atoms with Crippen LogP contribution < -0.4 is 5.56 Å². The molecule has 0 amide bonds. The second kappa shape index (κ2) is 6.69. The van der Waals surface area contributed by atoms with Crippen LogP contribution in [0.3, 0.4) is 0 Å². The molecule has 0 fully saturated rings. The highest BCUT2D eigenvalue weighted by Gasteiger charge is 2.15. The third-order valence-corrected chi connectivity index (χ3v) is 4.81. The van der Waals surface area contributed by atoms with Gasteiger partial charge in [0.15, 0.2) is 0 Å². The summed E-state index contributed by atoms with van der Waals surface area (Å²) in [5.41, 5.74) is 0.782. The zero-order chi connectivity index (χ0) is 18.3. The van der Waals surface area contributed by atoms with Gasteiger partial charge >= 0.3 is 5.97 Å². The molecule has 6 nitrogen and oxygen atoms in total. The highest BCUT2D eigenvalue weighted by atomic mass is 79.9. The van der Waals surface area contributed by atoms with Gasteiger partial charge in [-0.2, -0.15) is 0 Å². The number of carbonyl (C=O) groups excluding carboxylic acids is 1. The van der Waals surface area contributed by atoms with Crippen LogP contribution in [0.1, 0.15) is 16.4 Å². The fourth-order valence-corrected chi connectivity index (χ4v) is 3.88. The fourth-order valence-electron chi connectivity index (χ4n) is 2.57. The second-order valence-electron chi connectivity index (χ2n) is 5.52. The van der Waals surface area contributed by atoms with Crippen molar-refractivity contribution in [3.63, 3.8) is 0 Å². The molecule has 4 rings (SSSR count). The minimum atomic E-state index is -0.626. The average Bonchev–Trinajstić information content (AvgIpc) is 3.05. The summed E-state index contributed by atoms with van der Waals surface area (Å²) in [6.45, 7) is -0.177. The van der Waals surface area contributed by atoms with Crippen LogP contribution in [0.15, 0.2) is 60.6 Å². The van der Waals surface area contributed by atoms with Crippen molar-refractivity contribution < 1.29 is 13.9 Å². The zero-order valence-corrected chi connectivity index (χ0v) is 16.3. The lowest BCUT2D eigenvalue weighted by molar-refractivity contribution is 0.0428. The quantitative estimate of drug-likeness (QED) is 0.437. The molecule has 0 saturated carbocycles. The molecule has 2 heterocycles. The van der Waals surface area contributed by atoms with Gasteiger partial charge in [-0.3, -0.25) is 4.79 Å². The Balaban J connectivity index is 1.59. The number of aromatic nitrogens is 2. The van der Waals surface area contributed by atoms with Gasteiger partial charge in [0.05, 0.1) is 10.9 Å². The van der Waals surface area contributed by atoms with Crippen LogP contribution >= 0.6 is 31.9 Å². The first-order chi connectivity index (χ1) is 12.5. The first-order valence-corrected chi connectivity index (χ1v) is 9.13. The van der Waals surface area contributed by atoms with Crippen molar-refractivity contribution in [3.8, 4) is 0 Å². The van der Waals surface area contributed by atoms with Crippen molar-refractivity contribution in [2.24, 2.45) is 0 Å². The summed E-state index contributed by atoms with van der Waals surface area (Å²) in [4.78, 5) is 31.4. The molecular weight excluding hydrogens is 468 g/mol. The van der Waals surface area contributed by atoms with Gasteiger partial charge in [-0.15, -0.1) is 0 Å². The number of hydrogen-bond acceptors (Lipinski definition) is 5. The summed E-state index contributed by atoms with van der Waals surface area (Å²) >= 11 is 6.72. The van der Waals surface area contributed by atoms with E-state index in [2.05, 4.69) is 41.8 Å². The molecule has 0 atom stereocenters. The smallest absolute Gasteiger partial charge is 0.374 e. The van der Waals surface area contributed by atoms with Crippen LogP contribution in [-0.2, 0) is 11.3 Å². The lowest BCUT2D eigenvalue weighted by Crippen LogP contribution is -2.14. The third kappa shape index (κ3) is 3.17. The molecular formula is C18H10Br2N2O4. The molecule has 0 aliphatic carbocycles. The zero-order valence-electron chi connectivity index (χ0n) is 13.1. The number of nitrogens with one attached hydrogen (secondary N) is 1. The van der Waals surface area contributed by atoms with Crippen molar-refractivity contribution in [2.45, 2.75) is 6.61 Å². The summed E-state index contributed by atoms with van der Waals surface area (Å²) in [5.74, 6) is -0.284. The summed E-state index contributed by atoms with van der Waals surface area (Å²) in [6.07, 6.45) is 0. The van der Waals surface area contributed by atoms with Gasteiger partial charge in [-0.1, -0.05) is 34.1 Å². The predicted molar refractivity (Wildman–Crippen MR) is 103 cm³/mol. The maximum atomic E-state index is 12.2. The lowest BCUT2D eigenvalue weighted by atomic mass is 10.2. The second-order valence-corrected chi connectivity index (χ2v) is 7.29. The van der Waals surface area contributed by atoms with Crippen molar-refractivity contribution in [1.29, 1.82) is 0 Å². The Bertz CT molecular complexity index is 1180. The number of carbonyl (C=O) groups is 1. The van der Waals surface area contributed by atoms with E-state index in [9.17, 15) is 9.59 Å². The summed E-state index contributed by atoms with van der Waals surface area (Å²) in [6, 6.07) is 12.4. The third-order valence-electron chi connectivity index (χ3n) is 3.74. The number of ether oxygens (including phenoxy) is 1. The topological polar surface area (TPSA) is 85.2 Å². The van der Waals surface area contributed by atoms with E-state index in [4.69, 9.17) is 9.15 Å². The van der Waals surface area contributed by atoms with Crippen LogP contribution in [0, 0.1) is 0 Å². The Hall–Kier alpha value is -2.45. The summed E-state index contributed by atoms with van der Waals surface area (Å²) in [5, 5.41) is 1.24. The molecule has 26 heavy (non-hydrogen) atoms. The van der Waals surface area contributed by atoms with Crippen molar-refractivity contribution in [3.05, 3.63) is 73.3 Å². The minimum Gasteiger partial charge on any atom is -0.452 e. The van der Waals surface area contributed by atoms with Gasteiger partial charge in [-0.05, 0) is 40.2 Å². The molecule has 0 radical (unpaired) electrons. The van der Waals surface area contributed by atoms with E-state index in [1.54, 1.807) is 24.3 Å². The van der Waals surface area contributed by atoms with Crippen molar-refractivity contribution >= 4 is 59.7 Å². The monoisotopic (exact) mass is 476 g/mol. The number of benzene rings is 2. The number of furan rings is 1. The Morgan fingerprint density at radius 3 is 2.81 bits per heavy atom. The van der Waals surface area contributed by atoms with E-state index >= 15 is 0 Å². The van der Waals surface area contributed by atoms with Gasteiger partial charge in [0.1, 0.15) is 18.0 Å². The molecule has 130 valence electrons. The van der Waals surface area contributed by atoms with Crippen molar-refractivity contribution in [1.82, 2.24) is 9.97 Å². The average molecular weight is 478 g/mol. The molecule has 8 heteroatoms. The Labute approximate surface area is 163 Å². The number of para-hydroxylation sites is 1. The number of halogens is 2. The van der Waals surface area contributed by atoms with E-state index in [1.165, 1.54) is 0 Å². The Morgan fingerprint density at radius 2 is 2.00 bits per heavy atom. The molecule has 0 spiro atoms. The molecule has 0 bridgehead atoms. The van der Waals surface area contributed by atoms with E-state index in [0.717, 1.165) is 9.86 Å². The summed E-state index contributed by atoms with van der Waals surface area (Å²) < 4.78 is 12.1. The van der Waals surface area contributed by atoms with Gasteiger partial charge in [0.25, 0.3) is 5.56 Å². The molecule has 1 N–H and O–H groups in total. The van der Waals surface area contributed by atoms with Crippen LogP contribution in [0.2, 0.25) is 0 Å². The molecule has 0 aliphatic heterocycles. The number of rotatable bonds is 3. The highest BCUT2D eigenvalue weighted by molar-refractivity contribution is 9.11. The van der Waals surface area contributed by atoms with Crippen LogP contribution in [-0.4, -0.2) is 15.9 Å². The number of H-pyrrole nitrogens is 1. The maximum Gasteiger partial charge on any atom is 0.374 e. The minimum absolute atomic E-state index is 0.0967. The van der Waals surface area contributed by atoms with Crippen LogP contribution in [0.25, 0.3) is 21.9 Å². The number of aromatic amines is 1. The standard InChI is InChI=1S/C18H10Br2N2O4/c19-10-6-11-16(12(20)7-10)21-15(22-17(11)23)8-25-18(24)14-5-9-3-1-2-4-13(9)26-14/h1-7H,8H2,(H,21,22,23). The van der Waals surface area contributed by atoms with Crippen LogP contribution in [0.5, 0.6) is 0 Å². The van der Waals surface area contributed by atoms with Gasteiger partial charge in [0.2, 0.25) is 5.76 Å². The Kier molecular flexibility index (Phi) is 4.37. The highest BCUT2D eigenvalue weighted by Crippen LogP contribution is 2.25. The first-order valence-electron chi connectivity index (χ1n) is 7.55. The molecule has 4 aromatic rings. The number of fused-ring (bicyclic) bond motifs is 2. The predicted octanol–water partition coefficient (Wildman–Crippen LogP) is 4.55. The molecule has 0 unspecified atom stereocenters. The van der Waals surface area contributed by atoms with Gasteiger partial charge in [0, 0.05) is 14.3 Å². The number of nitrogens with zero attached hydrogens (tertiary/aromatic N) is 1. The first kappa shape index (κ1) is 17.0. The maximum absolute atomic E-state index is 12.2. The van der Waals surface area contributed by atoms with E-state index < -0.39 is 5.97 Å². The van der Waals surface area contributed by atoms with Crippen molar-refractivity contribution in [2.75, 3.05) is 0 Å². The van der Waals surface area contributed by atoms with Crippen LogP contribution in [0.4, 0.5) is 0 Å². The molecule has 0 saturated heterocycles. The van der Waals surface area contributed by atoms with Gasteiger partial charge < -0.3 is 14.1 Å². The largest absolute Gasteiger partial charge is 0.452 e. The molecule has 0 aliphatic rings. The normalized spacial score (nSPS) is 11.2. The fraction of sp³-hybridized carbons (Fsp3) is 0.0556. The summed E-state index contributed by atoms with van der Waals surface area (Å²) in [7, 11) is 0. The Morgan fingerprint density at radius 1 is 1.19 bits per heavy atom. The van der Waals surface area contributed by atoms with Gasteiger partial charge in [-0.25, -0.2) is 9.78 Å². The number of hydrogen-bond donors (Lipinski definition) is 1. The number of esters is 1. The van der Waals surface area contributed by atoms with E-state index in [1.807, 2.05) is 18.2 Å². The van der Waals surface area contributed by atoms with E-state index in [0.29, 0.717) is 21.0 Å². The van der Waals surface area contributed by atoms with E-state index in [-0.39, 0.29) is 23.8 Å². The SMILES string of the molecule is O=C(OCc1nc2c(Br)cc(Br)cc2c(=O)[nH]1)c1cc2ccccc2o1. The molecule has 2 aromatic carbocycles.